The van der Waals surface area contributed by atoms with E-state index < -0.39 is 23.5 Å². The number of nitrogens with one attached hydrogen (secondary N) is 2. The molecule has 280 valence electrons. The minimum atomic E-state index is -1.76. The Labute approximate surface area is 310 Å². The number of carbonyl (C=O) groups excluding carboxylic acids is 4. The van der Waals surface area contributed by atoms with Crippen molar-refractivity contribution in [3.63, 3.8) is 0 Å². The van der Waals surface area contributed by atoms with Crippen LogP contribution in [0.5, 0.6) is 11.5 Å². The van der Waals surface area contributed by atoms with Crippen molar-refractivity contribution in [2.75, 3.05) is 58.3 Å². The van der Waals surface area contributed by atoms with Crippen LogP contribution in [-0.4, -0.2) is 108 Å². The number of imide groups is 1. The number of benzene rings is 3. The number of aliphatic hydroxyl groups is 1. The van der Waals surface area contributed by atoms with E-state index in [-0.39, 0.29) is 31.3 Å². The summed E-state index contributed by atoms with van der Waals surface area (Å²) in [6.45, 7) is 16.2. The number of nitrogens with zero attached hydrogens (tertiary/aromatic N) is 4. The summed E-state index contributed by atoms with van der Waals surface area (Å²) >= 11 is 0. The van der Waals surface area contributed by atoms with Crippen LogP contribution in [0.15, 0.2) is 66.7 Å². The Hall–Kier alpha value is -5.29. The van der Waals surface area contributed by atoms with Gasteiger partial charge in [0.05, 0.1) is 19.6 Å². The maximum absolute atomic E-state index is 12.8. The molecular weight excluding hydrogens is 676 g/mol. The molecule has 0 bridgehead atoms. The summed E-state index contributed by atoms with van der Waals surface area (Å²) in [5.41, 5.74) is 1.94. The quantitative estimate of drug-likeness (QED) is 0.121. The molecule has 2 fully saturated rings. The lowest BCUT2D eigenvalue weighted by atomic mass is 10.0. The van der Waals surface area contributed by atoms with Gasteiger partial charge < -0.3 is 29.7 Å². The van der Waals surface area contributed by atoms with E-state index in [9.17, 15) is 24.3 Å². The van der Waals surface area contributed by atoms with Gasteiger partial charge in [0, 0.05) is 58.4 Å². The highest BCUT2D eigenvalue weighted by Crippen LogP contribution is 2.24. The molecule has 0 spiro atoms. The molecule has 4 amide bonds. The van der Waals surface area contributed by atoms with Gasteiger partial charge in [-0.15, -0.1) is 0 Å². The Balaban J connectivity index is 0.968. The first-order valence-electron chi connectivity index (χ1n) is 17.9. The van der Waals surface area contributed by atoms with Crippen molar-refractivity contribution < 1.29 is 33.8 Å². The molecule has 2 saturated heterocycles. The van der Waals surface area contributed by atoms with E-state index in [0.29, 0.717) is 35.9 Å². The molecule has 2 aliphatic heterocycles. The number of aryl methyl sites for hydroxylation is 1. The summed E-state index contributed by atoms with van der Waals surface area (Å²) in [5.74, 6) is -0.261. The summed E-state index contributed by atoms with van der Waals surface area (Å²) < 4.78 is 11.8. The lowest BCUT2D eigenvalue weighted by molar-refractivity contribution is -0.144. The van der Waals surface area contributed by atoms with Crippen molar-refractivity contribution in [1.29, 1.82) is 0 Å². The Kier molecular flexibility index (Phi) is 13.2. The van der Waals surface area contributed by atoms with Crippen LogP contribution in [0.3, 0.4) is 0 Å². The van der Waals surface area contributed by atoms with Crippen molar-refractivity contribution >= 4 is 35.0 Å². The molecule has 0 aromatic heterocycles. The monoisotopic (exact) mass is 724 g/mol. The molecule has 0 saturated carbocycles. The van der Waals surface area contributed by atoms with Crippen LogP contribution in [0.1, 0.15) is 42.9 Å². The number of anilines is 1. The van der Waals surface area contributed by atoms with Crippen LogP contribution in [0, 0.1) is 13.5 Å². The van der Waals surface area contributed by atoms with Gasteiger partial charge in [0.1, 0.15) is 24.1 Å². The largest absolute Gasteiger partial charge is 0.494 e. The zero-order chi connectivity index (χ0) is 38.0. The van der Waals surface area contributed by atoms with Crippen molar-refractivity contribution in [3.8, 4) is 11.5 Å². The Morgan fingerprint density at radius 2 is 1.74 bits per heavy atom. The maximum Gasteiger partial charge on any atom is 0.259 e. The number of ether oxygens (including phenoxy) is 2. The zero-order valence-electron chi connectivity index (χ0n) is 30.6. The van der Waals surface area contributed by atoms with Gasteiger partial charge in [-0.25, -0.2) is 4.85 Å². The number of hydrogen-bond acceptors (Lipinski definition) is 9. The standard InChI is InChI=1S/C40H48N6O7/c1-28-23-31(11-14-34(28)41-3)42-39(50)40(2,51)27-53-32-12-9-29(10-13-32)26-46-20-18-45(19-21-46)17-6-22-52-33-8-5-7-30(24-33)25-37(48)44(4)35-15-16-36(47)43-38(35)49/h5,7-14,23-24,35,51H,6,15-22,25-27H2,1-2,4H3,(H,42,50)(H,43,47,49)/t35?,40-/m0/s1. The van der Waals surface area contributed by atoms with E-state index in [1.807, 2.05) is 48.5 Å². The molecule has 13 heteroatoms. The molecule has 3 aromatic carbocycles. The smallest absolute Gasteiger partial charge is 0.259 e. The summed E-state index contributed by atoms with van der Waals surface area (Å²) in [4.78, 5) is 58.8. The highest BCUT2D eigenvalue weighted by molar-refractivity contribution is 6.01. The third-order valence-electron chi connectivity index (χ3n) is 9.59. The van der Waals surface area contributed by atoms with Crippen LogP contribution < -0.4 is 20.1 Å². The third kappa shape index (κ3) is 11.1. The van der Waals surface area contributed by atoms with Crippen LogP contribution >= 0.6 is 0 Å². The number of piperazine rings is 1. The minimum Gasteiger partial charge on any atom is -0.494 e. The highest BCUT2D eigenvalue weighted by atomic mass is 16.5. The van der Waals surface area contributed by atoms with Crippen molar-refractivity contribution in [2.45, 2.75) is 57.7 Å². The SMILES string of the molecule is [C-]#[N+]c1ccc(NC(=O)[C@@](C)(O)COc2ccc(CN3CCN(CCCOc4cccc(CC(=O)N(C)C5CCC(=O)NC5=O)c4)CC3)cc2)cc1C. The Morgan fingerprint density at radius 1 is 1.00 bits per heavy atom. The van der Waals surface area contributed by atoms with Crippen LogP contribution in [0.25, 0.3) is 4.85 Å². The molecule has 13 nitrogen and oxygen atoms in total. The third-order valence-corrected chi connectivity index (χ3v) is 9.59. The van der Waals surface area contributed by atoms with Crippen molar-refractivity contribution in [2.24, 2.45) is 0 Å². The van der Waals surface area contributed by atoms with E-state index in [2.05, 4.69) is 25.3 Å². The van der Waals surface area contributed by atoms with Gasteiger partial charge in [-0.2, -0.15) is 0 Å². The van der Waals surface area contributed by atoms with E-state index >= 15 is 0 Å². The van der Waals surface area contributed by atoms with Crippen LogP contribution in [0.2, 0.25) is 0 Å². The van der Waals surface area contributed by atoms with E-state index in [0.717, 1.165) is 62.4 Å². The van der Waals surface area contributed by atoms with Gasteiger partial charge in [-0.3, -0.25) is 29.4 Å². The molecular formula is C40H48N6O7. The molecule has 0 radical (unpaired) electrons. The fraction of sp³-hybridized carbons (Fsp3) is 0.425. The number of hydrogen-bond donors (Lipinski definition) is 3. The molecule has 3 aromatic rings. The predicted molar refractivity (Wildman–Crippen MR) is 200 cm³/mol. The number of rotatable bonds is 15. The molecule has 2 heterocycles. The Morgan fingerprint density at radius 3 is 2.43 bits per heavy atom. The molecule has 3 N–H and O–H groups in total. The molecule has 0 aliphatic carbocycles. The predicted octanol–water partition coefficient (Wildman–Crippen LogP) is 3.71. The van der Waals surface area contributed by atoms with E-state index in [1.54, 1.807) is 32.2 Å². The van der Waals surface area contributed by atoms with Crippen LogP contribution in [-0.2, 0) is 32.1 Å². The second kappa shape index (κ2) is 18.0. The molecule has 1 unspecified atom stereocenters. The normalized spacial score (nSPS) is 17.6. The fourth-order valence-electron chi connectivity index (χ4n) is 6.28. The first kappa shape index (κ1) is 38.9. The van der Waals surface area contributed by atoms with E-state index in [1.165, 1.54) is 11.8 Å². The summed E-state index contributed by atoms with van der Waals surface area (Å²) in [7, 11) is 1.60. The Bertz CT molecular complexity index is 1810. The highest BCUT2D eigenvalue weighted by Gasteiger charge is 2.33. The average molecular weight is 725 g/mol. The number of piperidine rings is 1. The summed E-state index contributed by atoms with van der Waals surface area (Å²) in [6.07, 6.45) is 1.56. The number of carbonyl (C=O) groups is 4. The minimum absolute atomic E-state index is 0.139. The van der Waals surface area contributed by atoms with Gasteiger partial charge in [0.2, 0.25) is 17.7 Å². The summed E-state index contributed by atoms with van der Waals surface area (Å²) in [6, 6.07) is 19.5. The lowest BCUT2D eigenvalue weighted by Gasteiger charge is -2.34. The lowest BCUT2D eigenvalue weighted by Crippen LogP contribution is -2.53. The van der Waals surface area contributed by atoms with E-state index in [4.69, 9.17) is 16.0 Å². The van der Waals surface area contributed by atoms with Crippen molar-refractivity contribution in [3.05, 3.63) is 94.8 Å². The molecule has 5 rings (SSSR count). The van der Waals surface area contributed by atoms with Gasteiger partial charge in [0.25, 0.3) is 5.91 Å². The zero-order valence-corrected chi connectivity index (χ0v) is 30.6. The van der Waals surface area contributed by atoms with Gasteiger partial charge >= 0.3 is 0 Å². The first-order valence-corrected chi connectivity index (χ1v) is 17.9. The molecule has 53 heavy (non-hydrogen) atoms. The maximum atomic E-state index is 12.8. The fourth-order valence-corrected chi connectivity index (χ4v) is 6.28. The van der Waals surface area contributed by atoms with Gasteiger partial charge in [-0.1, -0.05) is 30.3 Å². The number of amides is 4. The second-order valence-electron chi connectivity index (χ2n) is 13.9. The van der Waals surface area contributed by atoms with Crippen LogP contribution in [0.4, 0.5) is 11.4 Å². The first-order chi connectivity index (χ1) is 25.4. The average Bonchev–Trinajstić information content (AvgIpc) is 3.14. The van der Waals surface area contributed by atoms with Gasteiger partial charge in [-0.05, 0) is 79.8 Å². The topological polar surface area (TPSA) is 145 Å². The molecule has 2 atom stereocenters. The second-order valence-corrected chi connectivity index (χ2v) is 13.9. The van der Waals surface area contributed by atoms with Crippen molar-refractivity contribution in [1.82, 2.24) is 20.0 Å². The van der Waals surface area contributed by atoms with Gasteiger partial charge in [0.15, 0.2) is 11.3 Å². The number of likely N-dealkylation sites (N-methyl/N-ethyl adjacent to an activating group) is 1. The molecule has 2 aliphatic rings. The summed E-state index contributed by atoms with van der Waals surface area (Å²) in [5, 5.41) is 15.8.